The van der Waals surface area contributed by atoms with E-state index in [1.807, 2.05) is 62.4 Å². The van der Waals surface area contributed by atoms with Crippen LogP contribution in [0.4, 0.5) is 0 Å². The lowest BCUT2D eigenvalue weighted by atomic mass is 9.92. The van der Waals surface area contributed by atoms with Gasteiger partial charge in [0.1, 0.15) is 11.4 Å². The van der Waals surface area contributed by atoms with Crippen molar-refractivity contribution in [1.82, 2.24) is 30.2 Å². The summed E-state index contributed by atoms with van der Waals surface area (Å²) in [6, 6.07) is 14.8. The van der Waals surface area contributed by atoms with Crippen molar-refractivity contribution in [2.45, 2.75) is 13.8 Å². The van der Waals surface area contributed by atoms with Crippen LogP contribution in [0.2, 0.25) is 0 Å². The molecule has 8 nitrogen and oxygen atoms in total. The zero-order valence-electron chi connectivity index (χ0n) is 18.2. The van der Waals surface area contributed by atoms with Crippen molar-refractivity contribution in [1.29, 1.82) is 0 Å². The fourth-order valence-corrected chi connectivity index (χ4v) is 3.50. The van der Waals surface area contributed by atoms with Crippen molar-refractivity contribution < 1.29 is 9.59 Å². The summed E-state index contributed by atoms with van der Waals surface area (Å²) in [4.78, 5) is 44.5. The molecule has 0 saturated carbocycles. The first-order chi connectivity index (χ1) is 15.3. The fraction of sp³-hybridized carbons (Fsp3) is 0.250. The van der Waals surface area contributed by atoms with E-state index in [0.717, 1.165) is 11.0 Å². The molecule has 0 spiro atoms. The van der Waals surface area contributed by atoms with Gasteiger partial charge in [0, 0.05) is 20.1 Å². The predicted octanol–water partition coefficient (Wildman–Crippen LogP) is 3.10. The summed E-state index contributed by atoms with van der Waals surface area (Å²) < 4.78 is 0. The molecule has 0 aliphatic carbocycles. The van der Waals surface area contributed by atoms with Gasteiger partial charge < -0.3 is 10.2 Å². The highest BCUT2D eigenvalue weighted by Crippen LogP contribution is 2.17. The van der Waals surface area contributed by atoms with E-state index in [2.05, 4.69) is 25.3 Å². The Morgan fingerprint density at radius 2 is 1.34 bits per heavy atom. The SMILES string of the molecule is CN(CC(C)(C)CNC(=O)c1cnc2ccccc2n1)C(=O)c1cnc2ccccc2n1. The third-order valence-corrected chi connectivity index (χ3v) is 5.09. The van der Waals surface area contributed by atoms with E-state index in [0.29, 0.717) is 24.1 Å². The summed E-state index contributed by atoms with van der Waals surface area (Å²) in [7, 11) is 1.72. The summed E-state index contributed by atoms with van der Waals surface area (Å²) in [6.45, 7) is 4.75. The van der Waals surface area contributed by atoms with Gasteiger partial charge in [-0.3, -0.25) is 19.6 Å². The van der Waals surface area contributed by atoms with Crippen LogP contribution in [0, 0.1) is 5.41 Å². The number of benzene rings is 2. The lowest BCUT2D eigenvalue weighted by molar-refractivity contribution is 0.0724. The van der Waals surface area contributed by atoms with E-state index in [1.165, 1.54) is 12.4 Å². The van der Waals surface area contributed by atoms with Crippen LogP contribution in [0.25, 0.3) is 22.1 Å². The minimum Gasteiger partial charge on any atom is -0.350 e. The maximum Gasteiger partial charge on any atom is 0.273 e. The first-order valence-electron chi connectivity index (χ1n) is 10.3. The number of fused-ring (bicyclic) bond motifs is 2. The van der Waals surface area contributed by atoms with Crippen molar-refractivity contribution in [3.63, 3.8) is 0 Å². The molecule has 32 heavy (non-hydrogen) atoms. The monoisotopic (exact) mass is 428 g/mol. The average molecular weight is 428 g/mol. The Morgan fingerprint density at radius 3 is 1.94 bits per heavy atom. The number of para-hydroxylation sites is 4. The second-order valence-electron chi connectivity index (χ2n) is 8.50. The average Bonchev–Trinajstić information content (AvgIpc) is 2.81. The van der Waals surface area contributed by atoms with E-state index in [9.17, 15) is 9.59 Å². The molecule has 2 aromatic heterocycles. The molecule has 2 aromatic carbocycles. The highest BCUT2D eigenvalue weighted by atomic mass is 16.2. The Labute approximate surface area is 185 Å². The standard InChI is InChI=1S/C24H24N6O2/c1-24(2,14-27-22(31)20-12-25-16-8-4-6-10-18(16)28-20)15-30(3)23(32)21-13-26-17-9-5-7-11-19(17)29-21/h4-13H,14-15H2,1-3H3,(H,27,31). The molecule has 8 heteroatoms. The molecule has 0 saturated heterocycles. The molecule has 0 bridgehead atoms. The van der Waals surface area contributed by atoms with Gasteiger partial charge in [-0.2, -0.15) is 0 Å². The largest absolute Gasteiger partial charge is 0.350 e. The zero-order valence-corrected chi connectivity index (χ0v) is 18.2. The van der Waals surface area contributed by atoms with Gasteiger partial charge in [-0.05, 0) is 29.7 Å². The molecule has 4 rings (SSSR count). The van der Waals surface area contributed by atoms with Crippen LogP contribution >= 0.6 is 0 Å². The number of nitrogens with zero attached hydrogens (tertiary/aromatic N) is 5. The quantitative estimate of drug-likeness (QED) is 0.506. The van der Waals surface area contributed by atoms with E-state index in [4.69, 9.17) is 0 Å². The van der Waals surface area contributed by atoms with Gasteiger partial charge in [0.05, 0.1) is 34.5 Å². The normalized spacial score (nSPS) is 11.5. The van der Waals surface area contributed by atoms with Crippen molar-refractivity contribution in [2.24, 2.45) is 5.41 Å². The van der Waals surface area contributed by atoms with E-state index in [-0.39, 0.29) is 28.6 Å². The van der Waals surface area contributed by atoms with Gasteiger partial charge in [-0.1, -0.05) is 38.1 Å². The van der Waals surface area contributed by atoms with Gasteiger partial charge >= 0.3 is 0 Å². The number of aromatic nitrogens is 4. The van der Waals surface area contributed by atoms with Gasteiger partial charge in [0.15, 0.2) is 0 Å². The Balaban J connectivity index is 1.38. The third kappa shape index (κ3) is 4.69. The summed E-state index contributed by atoms with van der Waals surface area (Å²) >= 11 is 0. The maximum absolute atomic E-state index is 12.9. The maximum atomic E-state index is 12.9. The van der Waals surface area contributed by atoms with Gasteiger partial charge in [0.25, 0.3) is 11.8 Å². The van der Waals surface area contributed by atoms with Crippen LogP contribution in [0.1, 0.15) is 34.8 Å². The number of carbonyl (C=O) groups excluding carboxylic acids is 2. The van der Waals surface area contributed by atoms with Crippen LogP contribution in [-0.2, 0) is 0 Å². The van der Waals surface area contributed by atoms with Crippen LogP contribution in [0.3, 0.4) is 0 Å². The highest BCUT2D eigenvalue weighted by Gasteiger charge is 2.25. The number of nitrogens with one attached hydrogen (secondary N) is 1. The molecule has 0 unspecified atom stereocenters. The van der Waals surface area contributed by atoms with Gasteiger partial charge in [-0.25, -0.2) is 9.97 Å². The summed E-state index contributed by atoms with van der Waals surface area (Å²) in [5.74, 6) is -0.520. The van der Waals surface area contributed by atoms with Crippen molar-refractivity contribution >= 4 is 33.9 Å². The second-order valence-corrected chi connectivity index (χ2v) is 8.50. The van der Waals surface area contributed by atoms with E-state index >= 15 is 0 Å². The fourth-order valence-electron chi connectivity index (χ4n) is 3.50. The molecule has 0 radical (unpaired) electrons. The molecular weight excluding hydrogens is 404 g/mol. The smallest absolute Gasteiger partial charge is 0.273 e. The third-order valence-electron chi connectivity index (χ3n) is 5.09. The summed E-state index contributed by atoms with van der Waals surface area (Å²) in [5, 5.41) is 2.90. The Bertz CT molecular complexity index is 1300. The topological polar surface area (TPSA) is 101 Å². The highest BCUT2D eigenvalue weighted by molar-refractivity contribution is 5.94. The Kier molecular flexibility index (Phi) is 5.77. The number of carbonyl (C=O) groups is 2. The number of hydrogen-bond donors (Lipinski definition) is 1. The lowest BCUT2D eigenvalue weighted by Gasteiger charge is -2.30. The van der Waals surface area contributed by atoms with E-state index in [1.54, 1.807) is 11.9 Å². The first kappa shape index (κ1) is 21.3. The molecule has 2 amide bonds. The molecule has 1 N–H and O–H groups in total. The zero-order chi connectivity index (χ0) is 22.7. The summed E-state index contributed by atoms with van der Waals surface area (Å²) in [6.07, 6.45) is 2.97. The molecule has 2 heterocycles. The van der Waals surface area contributed by atoms with Crippen LogP contribution in [0.5, 0.6) is 0 Å². The first-order valence-corrected chi connectivity index (χ1v) is 10.3. The number of hydrogen-bond acceptors (Lipinski definition) is 6. The number of rotatable bonds is 6. The van der Waals surface area contributed by atoms with E-state index < -0.39 is 0 Å². The minimum absolute atomic E-state index is 0.219. The predicted molar refractivity (Wildman–Crippen MR) is 122 cm³/mol. The van der Waals surface area contributed by atoms with Gasteiger partial charge in [0.2, 0.25) is 0 Å². The van der Waals surface area contributed by atoms with Crippen LogP contribution in [-0.4, -0.2) is 56.8 Å². The van der Waals surface area contributed by atoms with Gasteiger partial charge in [-0.15, -0.1) is 0 Å². The molecular formula is C24H24N6O2. The molecule has 0 fully saturated rings. The Hall–Kier alpha value is -3.94. The summed E-state index contributed by atoms with van der Waals surface area (Å²) in [5.41, 5.74) is 2.99. The molecule has 0 atom stereocenters. The van der Waals surface area contributed by atoms with Crippen molar-refractivity contribution in [3.8, 4) is 0 Å². The van der Waals surface area contributed by atoms with Crippen molar-refractivity contribution in [2.75, 3.05) is 20.1 Å². The second kappa shape index (κ2) is 8.66. The Morgan fingerprint density at radius 1 is 0.844 bits per heavy atom. The molecule has 162 valence electrons. The van der Waals surface area contributed by atoms with Crippen molar-refractivity contribution in [3.05, 3.63) is 72.3 Å². The van der Waals surface area contributed by atoms with Crippen LogP contribution < -0.4 is 5.32 Å². The lowest BCUT2D eigenvalue weighted by Crippen LogP contribution is -2.43. The molecule has 4 aromatic rings. The molecule has 0 aliphatic heterocycles. The van der Waals surface area contributed by atoms with Crippen LogP contribution in [0.15, 0.2) is 60.9 Å². The molecule has 0 aliphatic rings. The minimum atomic E-state index is -0.380. The number of amides is 2.